The van der Waals surface area contributed by atoms with Crippen molar-refractivity contribution >= 4 is 6.09 Å². The van der Waals surface area contributed by atoms with Crippen molar-refractivity contribution in [2.24, 2.45) is 5.92 Å². The van der Waals surface area contributed by atoms with Gasteiger partial charge in [0.05, 0.1) is 11.7 Å². The van der Waals surface area contributed by atoms with Crippen molar-refractivity contribution in [3.05, 3.63) is 29.7 Å². The van der Waals surface area contributed by atoms with Crippen LogP contribution in [0.4, 0.5) is 4.79 Å². The monoisotopic (exact) mass is 235 g/mol. The van der Waals surface area contributed by atoms with Crippen LogP contribution in [-0.2, 0) is 4.74 Å². The third kappa shape index (κ3) is 3.24. The molecule has 1 saturated heterocycles. The van der Waals surface area contributed by atoms with Crippen LogP contribution in [0.2, 0.25) is 0 Å². The zero-order valence-electron chi connectivity index (χ0n) is 11.1. The number of nitrogens with zero attached hydrogens (tertiary/aromatic N) is 1. The summed E-state index contributed by atoms with van der Waals surface area (Å²) in [5.74, 6) is 0.358. The average Bonchev–Trinajstić information content (AvgIpc) is 2.62. The van der Waals surface area contributed by atoms with Crippen molar-refractivity contribution in [1.29, 1.82) is 0 Å². The molecule has 1 atom stereocenters. The summed E-state index contributed by atoms with van der Waals surface area (Å²) in [6, 6.07) is 0.0947. The number of ether oxygens (including phenoxy) is 1. The summed E-state index contributed by atoms with van der Waals surface area (Å²) in [5.41, 5.74) is 4.87. The van der Waals surface area contributed by atoms with Gasteiger partial charge in [-0.1, -0.05) is 32.1 Å². The highest BCUT2D eigenvalue weighted by Crippen LogP contribution is 2.25. The van der Waals surface area contributed by atoms with E-state index >= 15 is 0 Å². The SMILES string of the molecule is C=C=C(CC=C(C)C)N1C(=O)OC[C@H]1C(C)C. The van der Waals surface area contributed by atoms with Gasteiger partial charge in [0.15, 0.2) is 0 Å². The number of allylic oxidation sites excluding steroid dienone is 2. The summed E-state index contributed by atoms with van der Waals surface area (Å²) in [5, 5.41) is 0. The number of cyclic esters (lactones) is 1. The number of hydrogen-bond acceptors (Lipinski definition) is 2. The maximum atomic E-state index is 11.7. The Hall–Kier alpha value is -1.47. The van der Waals surface area contributed by atoms with Gasteiger partial charge >= 0.3 is 6.09 Å². The second kappa shape index (κ2) is 5.74. The minimum absolute atomic E-state index is 0.0947. The third-order valence-electron chi connectivity index (χ3n) is 2.87. The molecule has 0 saturated carbocycles. The maximum absolute atomic E-state index is 11.7. The Balaban J connectivity index is 2.90. The van der Waals surface area contributed by atoms with Crippen LogP contribution in [0.1, 0.15) is 34.1 Å². The van der Waals surface area contributed by atoms with E-state index < -0.39 is 0 Å². The van der Waals surface area contributed by atoms with E-state index in [1.165, 1.54) is 5.57 Å². The van der Waals surface area contributed by atoms with Gasteiger partial charge in [-0.3, -0.25) is 4.90 Å². The van der Waals surface area contributed by atoms with Gasteiger partial charge in [0.1, 0.15) is 6.61 Å². The molecule has 1 heterocycles. The topological polar surface area (TPSA) is 29.5 Å². The Morgan fingerprint density at radius 1 is 1.65 bits per heavy atom. The lowest BCUT2D eigenvalue weighted by Gasteiger charge is -2.25. The van der Waals surface area contributed by atoms with Crippen molar-refractivity contribution in [3.8, 4) is 0 Å². The summed E-state index contributed by atoms with van der Waals surface area (Å²) >= 11 is 0. The molecule has 0 spiro atoms. The number of amides is 1. The van der Waals surface area contributed by atoms with Gasteiger partial charge in [0, 0.05) is 6.42 Å². The second-order valence-corrected chi connectivity index (χ2v) is 4.87. The zero-order chi connectivity index (χ0) is 13.0. The fourth-order valence-corrected chi connectivity index (χ4v) is 1.79. The first kappa shape index (κ1) is 13.6. The first-order valence-corrected chi connectivity index (χ1v) is 5.95. The van der Waals surface area contributed by atoms with Crippen molar-refractivity contribution in [2.75, 3.05) is 6.61 Å². The van der Waals surface area contributed by atoms with Crippen LogP contribution in [0.25, 0.3) is 0 Å². The molecule has 1 fully saturated rings. The highest BCUT2D eigenvalue weighted by Gasteiger charge is 2.36. The van der Waals surface area contributed by atoms with E-state index in [0.29, 0.717) is 18.9 Å². The molecule has 0 radical (unpaired) electrons. The standard InChI is InChI=1S/C14H21NO2/c1-6-12(8-7-10(2)3)15-13(11(4)5)9-17-14(15)16/h7,11,13H,1,8-9H2,2-5H3/t13-/m0/s1. The Morgan fingerprint density at radius 3 is 2.76 bits per heavy atom. The molecule has 0 aromatic carbocycles. The molecule has 94 valence electrons. The highest BCUT2D eigenvalue weighted by atomic mass is 16.6. The molecule has 1 rings (SSSR count). The third-order valence-corrected chi connectivity index (χ3v) is 2.87. The van der Waals surface area contributed by atoms with Crippen molar-refractivity contribution in [3.63, 3.8) is 0 Å². The maximum Gasteiger partial charge on any atom is 0.414 e. The summed E-state index contributed by atoms with van der Waals surface area (Å²) in [4.78, 5) is 13.4. The minimum Gasteiger partial charge on any atom is -0.447 e. The molecule has 3 nitrogen and oxygen atoms in total. The Kier molecular flexibility index (Phi) is 4.59. The van der Waals surface area contributed by atoms with Crippen LogP contribution in [0.5, 0.6) is 0 Å². The van der Waals surface area contributed by atoms with Crippen LogP contribution < -0.4 is 0 Å². The van der Waals surface area contributed by atoms with Crippen LogP contribution in [0.3, 0.4) is 0 Å². The lowest BCUT2D eigenvalue weighted by atomic mass is 10.0. The van der Waals surface area contributed by atoms with E-state index in [1.807, 2.05) is 13.8 Å². The fraction of sp³-hybridized carbons (Fsp3) is 0.571. The Bertz CT molecular complexity index is 372. The van der Waals surface area contributed by atoms with Gasteiger partial charge in [-0.05, 0) is 19.8 Å². The molecular weight excluding hydrogens is 214 g/mol. The van der Waals surface area contributed by atoms with E-state index in [0.717, 1.165) is 5.70 Å². The van der Waals surface area contributed by atoms with Gasteiger partial charge in [-0.2, -0.15) is 0 Å². The minimum atomic E-state index is -0.281. The first-order valence-electron chi connectivity index (χ1n) is 5.95. The predicted octanol–water partition coefficient (Wildman–Crippen LogP) is 3.49. The lowest BCUT2D eigenvalue weighted by Crippen LogP contribution is -2.36. The Labute approximate surface area is 103 Å². The quantitative estimate of drug-likeness (QED) is 0.551. The second-order valence-electron chi connectivity index (χ2n) is 4.87. The molecular formula is C14H21NO2. The summed E-state index contributed by atoms with van der Waals surface area (Å²) in [6.07, 6.45) is 2.46. The number of carbonyl (C=O) groups excluding carboxylic acids is 1. The number of carbonyl (C=O) groups is 1. The molecule has 0 bridgehead atoms. The lowest BCUT2D eigenvalue weighted by molar-refractivity contribution is 0.164. The van der Waals surface area contributed by atoms with Crippen LogP contribution in [-0.4, -0.2) is 23.6 Å². The highest BCUT2D eigenvalue weighted by molar-refractivity contribution is 5.72. The van der Waals surface area contributed by atoms with E-state index in [2.05, 4.69) is 32.2 Å². The average molecular weight is 235 g/mol. The van der Waals surface area contributed by atoms with Gasteiger partial charge in [-0.15, -0.1) is 5.73 Å². The van der Waals surface area contributed by atoms with E-state index in [9.17, 15) is 4.79 Å². The van der Waals surface area contributed by atoms with Crippen molar-refractivity contribution < 1.29 is 9.53 Å². The van der Waals surface area contributed by atoms with Gasteiger partial charge < -0.3 is 4.74 Å². The van der Waals surface area contributed by atoms with Crippen molar-refractivity contribution in [2.45, 2.75) is 40.2 Å². The normalized spacial score (nSPS) is 19.0. The molecule has 0 aliphatic carbocycles. The van der Waals surface area contributed by atoms with E-state index in [-0.39, 0.29) is 12.1 Å². The molecule has 0 unspecified atom stereocenters. The molecule has 1 aliphatic heterocycles. The van der Waals surface area contributed by atoms with E-state index in [4.69, 9.17) is 4.74 Å². The van der Waals surface area contributed by atoms with E-state index in [1.54, 1.807) is 4.90 Å². The largest absolute Gasteiger partial charge is 0.447 e. The molecule has 17 heavy (non-hydrogen) atoms. The summed E-state index contributed by atoms with van der Waals surface area (Å²) in [7, 11) is 0. The van der Waals surface area contributed by atoms with Gasteiger partial charge in [-0.25, -0.2) is 4.79 Å². The zero-order valence-corrected chi connectivity index (χ0v) is 11.1. The molecule has 3 heteroatoms. The smallest absolute Gasteiger partial charge is 0.414 e. The van der Waals surface area contributed by atoms with Crippen molar-refractivity contribution in [1.82, 2.24) is 4.90 Å². The van der Waals surface area contributed by atoms with Crippen LogP contribution in [0.15, 0.2) is 29.7 Å². The summed E-state index contributed by atoms with van der Waals surface area (Å²) < 4.78 is 5.11. The summed E-state index contributed by atoms with van der Waals surface area (Å²) in [6.45, 7) is 12.4. The van der Waals surface area contributed by atoms with Gasteiger partial charge in [0.25, 0.3) is 0 Å². The molecule has 0 N–H and O–H groups in total. The molecule has 0 aromatic heterocycles. The van der Waals surface area contributed by atoms with Crippen LogP contribution >= 0.6 is 0 Å². The molecule has 0 aromatic rings. The number of rotatable bonds is 4. The Morgan fingerprint density at radius 2 is 2.29 bits per heavy atom. The first-order chi connectivity index (χ1) is 7.97. The van der Waals surface area contributed by atoms with Gasteiger partial charge in [0.2, 0.25) is 0 Å². The van der Waals surface area contributed by atoms with Crippen LogP contribution in [0, 0.1) is 5.92 Å². The number of hydrogen-bond donors (Lipinski definition) is 0. The predicted molar refractivity (Wildman–Crippen MR) is 68.5 cm³/mol. The molecule has 1 amide bonds. The fourth-order valence-electron chi connectivity index (χ4n) is 1.79. The molecule has 1 aliphatic rings.